The maximum Gasteiger partial charge on any atom is 0.265 e. The van der Waals surface area contributed by atoms with Crippen molar-refractivity contribution in [2.24, 2.45) is 5.92 Å². The van der Waals surface area contributed by atoms with Gasteiger partial charge in [0.25, 0.3) is 5.95 Å². The lowest BCUT2D eigenvalue weighted by molar-refractivity contribution is -0.129. The van der Waals surface area contributed by atoms with Crippen LogP contribution in [0.15, 0.2) is 27.3 Å². The van der Waals surface area contributed by atoms with Gasteiger partial charge in [0, 0.05) is 27.1 Å². The fourth-order valence-electron chi connectivity index (χ4n) is 2.50. The minimum atomic E-state index is -0.385. The van der Waals surface area contributed by atoms with Crippen molar-refractivity contribution in [3.63, 3.8) is 0 Å². The molecule has 1 atom stereocenters. The van der Waals surface area contributed by atoms with E-state index in [9.17, 15) is 9.59 Å². The second-order valence-electron chi connectivity index (χ2n) is 5.86. The molecule has 0 spiro atoms. The fourth-order valence-corrected chi connectivity index (χ4v) is 2.50. The molecule has 1 aliphatic rings. The van der Waals surface area contributed by atoms with Crippen LogP contribution < -0.4 is 10.2 Å². The molecule has 24 heavy (non-hydrogen) atoms. The van der Waals surface area contributed by atoms with E-state index in [2.05, 4.69) is 15.5 Å². The van der Waals surface area contributed by atoms with Gasteiger partial charge in [-0.2, -0.15) is 4.98 Å². The van der Waals surface area contributed by atoms with Gasteiger partial charge >= 0.3 is 0 Å². The summed E-state index contributed by atoms with van der Waals surface area (Å²) in [6.45, 7) is 0.895. The van der Waals surface area contributed by atoms with Crippen molar-refractivity contribution in [2.75, 3.05) is 25.5 Å². The van der Waals surface area contributed by atoms with Crippen LogP contribution in [-0.2, 0) is 22.7 Å². The first kappa shape index (κ1) is 16.0. The maximum absolute atomic E-state index is 12.2. The molecule has 0 aromatic carbocycles. The average Bonchev–Trinajstić information content (AvgIpc) is 3.27. The first-order valence-electron chi connectivity index (χ1n) is 7.60. The summed E-state index contributed by atoms with van der Waals surface area (Å²) >= 11 is 0. The van der Waals surface area contributed by atoms with Crippen LogP contribution in [0.5, 0.6) is 0 Å². The monoisotopic (exact) mass is 333 g/mol. The van der Waals surface area contributed by atoms with E-state index in [1.165, 1.54) is 0 Å². The summed E-state index contributed by atoms with van der Waals surface area (Å²) in [4.78, 5) is 31.7. The van der Waals surface area contributed by atoms with Gasteiger partial charge in [0.2, 0.25) is 17.7 Å². The highest BCUT2D eigenvalue weighted by atomic mass is 16.5. The van der Waals surface area contributed by atoms with Crippen molar-refractivity contribution in [1.82, 2.24) is 20.4 Å². The molecule has 1 N–H and O–H groups in total. The van der Waals surface area contributed by atoms with Crippen molar-refractivity contribution >= 4 is 17.8 Å². The molecule has 0 unspecified atom stereocenters. The first-order valence-corrected chi connectivity index (χ1v) is 7.60. The smallest absolute Gasteiger partial charge is 0.265 e. The third kappa shape index (κ3) is 3.55. The first-order chi connectivity index (χ1) is 11.5. The zero-order valence-corrected chi connectivity index (χ0v) is 13.6. The van der Waals surface area contributed by atoms with Crippen LogP contribution in [0.4, 0.5) is 5.95 Å². The molecule has 0 saturated carbocycles. The zero-order valence-electron chi connectivity index (χ0n) is 13.6. The van der Waals surface area contributed by atoms with Gasteiger partial charge in [-0.25, -0.2) is 0 Å². The zero-order chi connectivity index (χ0) is 17.1. The summed E-state index contributed by atoms with van der Waals surface area (Å²) in [5.41, 5.74) is 0. The normalized spacial score (nSPS) is 17.3. The number of amides is 2. The molecule has 2 amide bonds. The summed E-state index contributed by atoms with van der Waals surface area (Å²) < 4.78 is 10.3. The van der Waals surface area contributed by atoms with E-state index < -0.39 is 0 Å². The Balaban J connectivity index is 1.51. The largest absolute Gasteiger partial charge is 0.467 e. The van der Waals surface area contributed by atoms with Gasteiger partial charge in [-0.05, 0) is 17.3 Å². The highest BCUT2D eigenvalue weighted by Crippen LogP contribution is 2.20. The standard InChI is InChI=1S/C15H19N5O4/c1-19(2)15-17-12(24-18-15)7-16-14(22)10-6-13(21)20(8-10)9-11-4-3-5-23-11/h3-5,10H,6-9H2,1-2H3,(H,16,22)/t10-/m0/s1. The van der Waals surface area contributed by atoms with Crippen LogP contribution in [0.25, 0.3) is 0 Å². The van der Waals surface area contributed by atoms with Crippen molar-refractivity contribution in [2.45, 2.75) is 19.5 Å². The van der Waals surface area contributed by atoms with E-state index in [-0.39, 0.29) is 30.7 Å². The van der Waals surface area contributed by atoms with Crippen LogP contribution in [0, 0.1) is 5.92 Å². The van der Waals surface area contributed by atoms with Crippen LogP contribution in [-0.4, -0.2) is 47.5 Å². The second kappa shape index (κ2) is 6.73. The molecule has 9 heteroatoms. The van der Waals surface area contributed by atoms with Crippen molar-refractivity contribution in [3.8, 4) is 0 Å². The van der Waals surface area contributed by atoms with Crippen LogP contribution in [0.3, 0.4) is 0 Å². The van der Waals surface area contributed by atoms with Gasteiger partial charge in [-0.3, -0.25) is 9.59 Å². The van der Waals surface area contributed by atoms with E-state index in [0.29, 0.717) is 30.7 Å². The molecule has 3 heterocycles. The van der Waals surface area contributed by atoms with Crippen LogP contribution in [0.2, 0.25) is 0 Å². The van der Waals surface area contributed by atoms with Crippen LogP contribution >= 0.6 is 0 Å². The quantitative estimate of drug-likeness (QED) is 0.815. The van der Waals surface area contributed by atoms with Gasteiger partial charge in [0.15, 0.2) is 0 Å². The Morgan fingerprint density at radius 3 is 3.00 bits per heavy atom. The maximum atomic E-state index is 12.2. The van der Waals surface area contributed by atoms with Gasteiger partial charge in [0.05, 0.1) is 25.3 Å². The molecule has 128 valence electrons. The Hall–Kier alpha value is -2.84. The average molecular weight is 333 g/mol. The molecular weight excluding hydrogens is 314 g/mol. The Bertz CT molecular complexity index is 709. The number of hydrogen-bond acceptors (Lipinski definition) is 7. The predicted molar refractivity (Wildman–Crippen MR) is 82.7 cm³/mol. The van der Waals surface area contributed by atoms with Crippen molar-refractivity contribution < 1.29 is 18.5 Å². The highest BCUT2D eigenvalue weighted by molar-refractivity contribution is 5.89. The number of rotatable bonds is 6. The number of likely N-dealkylation sites (tertiary alicyclic amines) is 1. The fraction of sp³-hybridized carbons (Fsp3) is 0.467. The molecule has 0 aliphatic carbocycles. The number of carbonyl (C=O) groups excluding carboxylic acids is 2. The van der Waals surface area contributed by atoms with E-state index >= 15 is 0 Å². The number of hydrogen-bond donors (Lipinski definition) is 1. The van der Waals surface area contributed by atoms with Gasteiger partial charge in [0.1, 0.15) is 5.76 Å². The van der Waals surface area contributed by atoms with E-state index in [0.717, 1.165) is 0 Å². The predicted octanol–water partition coefficient (Wildman–Crippen LogP) is 0.393. The van der Waals surface area contributed by atoms with Crippen molar-refractivity contribution in [3.05, 3.63) is 30.0 Å². The minimum Gasteiger partial charge on any atom is -0.467 e. The lowest BCUT2D eigenvalue weighted by Gasteiger charge is -2.14. The highest BCUT2D eigenvalue weighted by Gasteiger charge is 2.34. The Morgan fingerprint density at radius 1 is 1.50 bits per heavy atom. The molecule has 2 aromatic rings. The summed E-state index contributed by atoms with van der Waals surface area (Å²) in [6, 6.07) is 3.57. The molecule has 0 radical (unpaired) electrons. The van der Waals surface area contributed by atoms with Crippen LogP contribution in [0.1, 0.15) is 18.1 Å². The van der Waals surface area contributed by atoms with E-state index in [4.69, 9.17) is 8.94 Å². The summed E-state index contributed by atoms with van der Waals surface area (Å²) in [5, 5.41) is 6.51. The molecule has 0 bridgehead atoms. The lowest BCUT2D eigenvalue weighted by atomic mass is 10.1. The number of anilines is 1. The van der Waals surface area contributed by atoms with E-state index in [1.54, 1.807) is 42.3 Å². The molecule has 3 rings (SSSR count). The third-order valence-corrected chi connectivity index (χ3v) is 3.78. The van der Waals surface area contributed by atoms with Gasteiger partial charge in [-0.15, -0.1) is 0 Å². The SMILES string of the molecule is CN(C)c1noc(CNC(=O)[C@H]2CC(=O)N(Cc3ccco3)C2)n1. The molecule has 1 fully saturated rings. The number of nitrogens with one attached hydrogen (secondary N) is 1. The molecular formula is C15H19N5O4. The Kier molecular flexibility index (Phi) is 4.50. The molecule has 1 saturated heterocycles. The summed E-state index contributed by atoms with van der Waals surface area (Å²) in [6.07, 6.45) is 1.76. The Morgan fingerprint density at radius 2 is 2.33 bits per heavy atom. The van der Waals surface area contributed by atoms with Gasteiger partial charge in [-0.1, -0.05) is 0 Å². The topological polar surface area (TPSA) is 105 Å². The third-order valence-electron chi connectivity index (χ3n) is 3.78. The number of furan rings is 1. The summed E-state index contributed by atoms with van der Waals surface area (Å²) in [5.74, 6) is 0.827. The second-order valence-corrected chi connectivity index (χ2v) is 5.86. The number of aromatic nitrogens is 2. The Labute approximate surface area is 138 Å². The molecule has 1 aliphatic heterocycles. The molecule has 9 nitrogen and oxygen atoms in total. The minimum absolute atomic E-state index is 0.0563. The summed E-state index contributed by atoms with van der Waals surface area (Å²) in [7, 11) is 3.59. The number of carbonyl (C=O) groups is 2. The van der Waals surface area contributed by atoms with E-state index in [1.807, 2.05) is 0 Å². The number of nitrogens with zero attached hydrogens (tertiary/aromatic N) is 4. The van der Waals surface area contributed by atoms with Crippen molar-refractivity contribution in [1.29, 1.82) is 0 Å². The lowest BCUT2D eigenvalue weighted by Crippen LogP contribution is -2.32. The van der Waals surface area contributed by atoms with Gasteiger partial charge < -0.3 is 24.1 Å². The molecule has 2 aromatic heterocycles.